The molecule has 0 bridgehead atoms. The Balaban J connectivity index is 2.60. The average molecular weight is 305 g/mol. The van der Waals surface area contributed by atoms with Crippen molar-refractivity contribution in [1.82, 2.24) is 5.32 Å². The molecule has 0 radical (unpaired) electrons. The van der Waals surface area contributed by atoms with Crippen LogP contribution in [0.3, 0.4) is 0 Å². The maximum atomic E-state index is 13.7. The summed E-state index contributed by atoms with van der Waals surface area (Å²) < 4.78 is 79.7. The summed E-state index contributed by atoms with van der Waals surface area (Å²) in [5, 5.41) is 2.45. The summed E-state index contributed by atoms with van der Waals surface area (Å²) in [5.74, 6) is -8.25. The monoisotopic (exact) mass is 305 g/mol. The quantitative estimate of drug-likeness (QED) is 0.671. The van der Waals surface area contributed by atoms with Crippen LogP contribution in [0.2, 0.25) is 0 Å². The van der Waals surface area contributed by atoms with E-state index in [1.165, 1.54) is 7.05 Å². The number of benzene rings is 2. The Labute approximate surface area is 116 Å². The zero-order valence-electron chi connectivity index (χ0n) is 10.7. The summed E-state index contributed by atoms with van der Waals surface area (Å²) in [5.41, 5.74) is -0.859. The molecule has 2 aromatic rings. The van der Waals surface area contributed by atoms with Crippen LogP contribution < -0.4 is 5.32 Å². The molecule has 2 rings (SSSR count). The highest BCUT2D eigenvalue weighted by molar-refractivity contribution is 5.35. The van der Waals surface area contributed by atoms with Crippen LogP contribution in [0.15, 0.2) is 24.3 Å². The topological polar surface area (TPSA) is 12.0 Å². The highest BCUT2D eigenvalue weighted by Crippen LogP contribution is 2.29. The van der Waals surface area contributed by atoms with Crippen molar-refractivity contribution in [2.45, 2.75) is 6.04 Å². The molecule has 1 N–H and O–H groups in total. The minimum atomic E-state index is -1.69. The molecule has 0 aliphatic rings. The Hall–Kier alpha value is -2.02. The molecule has 21 heavy (non-hydrogen) atoms. The van der Waals surface area contributed by atoms with Gasteiger partial charge in [0.2, 0.25) is 0 Å². The van der Waals surface area contributed by atoms with Gasteiger partial charge in [0, 0.05) is 17.7 Å². The van der Waals surface area contributed by atoms with Gasteiger partial charge >= 0.3 is 0 Å². The van der Waals surface area contributed by atoms with E-state index in [0.717, 1.165) is 0 Å². The standard InChI is InChI=1S/C14H9F6N/c1-21-14(6-2-10(18)13(20)11(19)3-6)12-8(16)4-7(15)5-9(12)17/h2-5,14,21H,1H3. The molecule has 112 valence electrons. The van der Waals surface area contributed by atoms with Crippen LogP contribution in [0.1, 0.15) is 17.2 Å². The van der Waals surface area contributed by atoms with E-state index in [0.29, 0.717) is 24.3 Å². The predicted octanol–water partition coefficient (Wildman–Crippen LogP) is 3.83. The van der Waals surface area contributed by atoms with Gasteiger partial charge in [-0.2, -0.15) is 0 Å². The third-order valence-corrected chi connectivity index (χ3v) is 2.96. The molecule has 0 amide bonds. The zero-order valence-corrected chi connectivity index (χ0v) is 10.7. The molecular weight excluding hydrogens is 296 g/mol. The normalized spacial score (nSPS) is 12.5. The molecule has 0 spiro atoms. The summed E-state index contributed by atoms with van der Waals surface area (Å²) in [6.07, 6.45) is 0. The third kappa shape index (κ3) is 2.87. The van der Waals surface area contributed by atoms with E-state index in [1.807, 2.05) is 0 Å². The second kappa shape index (κ2) is 5.77. The molecule has 0 aliphatic carbocycles. The van der Waals surface area contributed by atoms with E-state index in [9.17, 15) is 26.3 Å². The molecule has 2 aromatic carbocycles. The van der Waals surface area contributed by atoms with Gasteiger partial charge in [-0.15, -0.1) is 0 Å². The second-order valence-corrected chi connectivity index (χ2v) is 4.30. The SMILES string of the molecule is CNC(c1cc(F)c(F)c(F)c1)c1c(F)cc(F)cc1F. The van der Waals surface area contributed by atoms with Crippen molar-refractivity contribution in [1.29, 1.82) is 0 Å². The number of hydrogen-bond acceptors (Lipinski definition) is 1. The second-order valence-electron chi connectivity index (χ2n) is 4.30. The summed E-state index contributed by atoms with van der Waals surface area (Å²) in [4.78, 5) is 0. The minimum Gasteiger partial charge on any atom is -0.309 e. The molecule has 0 heterocycles. The van der Waals surface area contributed by atoms with Crippen LogP contribution in [0, 0.1) is 34.9 Å². The van der Waals surface area contributed by atoms with Crippen molar-refractivity contribution in [2.24, 2.45) is 0 Å². The van der Waals surface area contributed by atoms with E-state index in [-0.39, 0.29) is 5.56 Å². The van der Waals surface area contributed by atoms with Gasteiger partial charge in [0.1, 0.15) is 17.5 Å². The fraction of sp³-hybridized carbons (Fsp3) is 0.143. The van der Waals surface area contributed by atoms with Crippen LogP contribution in [0.25, 0.3) is 0 Å². The molecule has 1 nitrogen and oxygen atoms in total. The van der Waals surface area contributed by atoms with Gasteiger partial charge in [-0.3, -0.25) is 0 Å². The van der Waals surface area contributed by atoms with Crippen molar-refractivity contribution in [3.05, 3.63) is 70.3 Å². The molecule has 0 aromatic heterocycles. The molecule has 1 atom stereocenters. The largest absolute Gasteiger partial charge is 0.309 e. The van der Waals surface area contributed by atoms with E-state index in [1.54, 1.807) is 0 Å². The molecule has 1 unspecified atom stereocenters. The molecule has 7 heteroatoms. The highest BCUT2D eigenvalue weighted by atomic mass is 19.2. The van der Waals surface area contributed by atoms with Crippen molar-refractivity contribution < 1.29 is 26.3 Å². The van der Waals surface area contributed by atoms with Crippen molar-refractivity contribution in [3.63, 3.8) is 0 Å². The first-order valence-corrected chi connectivity index (χ1v) is 5.81. The van der Waals surface area contributed by atoms with Gasteiger partial charge in [-0.05, 0) is 24.7 Å². The maximum Gasteiger partial charge on any atom is 0.194 e. The molecule has 0 saturated carbocycles. The van der Waals surface area contributed by atoms with Gasteiger partial charge in [-0.1, -0.05) is 0 Å². The first-order valence-electron chi connectivity index (χ1n) is 5.81. The van der Waals surface area contributed by atoms with Gasteiger partial charge in [0.05, 0.1) is 6.04 Å². The fourth-order valence-electron chi connectivity index (χ4n) is 2.05. The minimum absolute atomic E-state index is 0.238. The summed E-state index contributed by atoms with van der Waals surface area (Å²) in [6, 6.07) is 0.803. The fourth-order valence-corrected chi connectivity index (χ4v) is 2.05. The van der Waals surface area contributed by atoms with E-state index in [4.69, 9.17) is 0 Å². The average Bonchev–Trinajstić information content (AvgIpc) is 2.39. The zero-order chi connectivity index (χ0) is 15.7. The summed E-state index contributed by atoms with van der Waals surface area (Å²) in [7, 11) is 1.28. The van der Waals surface area contributed by atoms with Crippen molar-refractivity contribution in [3.8, 4) is 0 Å². The number of hydrogen-bond donors (Lipinski definition) is 1. The highest BCUT2D eigenvalue weighted by Gasteiger charge is 2.24. The van der Waals surface area contributed by atoms with Crippen LogP contribution in [-0.4, -0.2) is 7.05 Å². The Morgan fingerprint density at radius 3 is 1.67 bits per heavy atom. The van der Waals surface area contributed by atoms with Crippen LogP contribution in [0.5, 0.6) is 0 Å². The van der Waals surface area contributed by atoms with Gasteiger partial charge in [0.15, 0.2) is 17.5 Å². The Morgan fingerprint density at radius 2 is 1.24 bits per heavy atom. The van der Waals surface area contributed by atoms with Gasteiger partial charge in [0.25, 0.3) is 0 Å². The van der Waals surface area contributed by atoms with Crippen LogP contribution >= 0.6 is 0 Å². The van der Waals surface area contributed by atoms with Gasteiger partial charge in [-0.25, -0.2) is 26.3 Å². The van der Waals surface area contributed by atoms with Crippen LogP contribution in [0.4, 0.5) is 26.3 Å². The lowest BCUT2D eigenvalue weighted by atomic mass is 9.97. The summed E-state index contributed by atoms with van der Waals surface area (Å²) >= 11 is 0. The lowest BCUT2D eigenvalue weighted by Crippen LogP contribution is -2.21. The Kier molecular flexibility index (Phi) is 4.22. The molecule has 0 aliphatic heterocycles. The predicted molar refractivity (Wildman–Crippen MR) is 63.5 cm³/mol. The molecular formula is C14H9F6N. The number of nitrogens with one attached hydrogen (secondary N) is 1. The van der Waals surface area contributed by atoms with E-state index < -0.39 is 46.5 Å². The lowest BCUT2D eigenvalue weighted by Gasteiger charge is -2.19. The third-order valence-electron chi connectivity index (χ3n) is 2.96. The lowest BCUT2D eigenvalue weighted by molar-refractivity contribution is 0.441. The first kappa shape index (κ1) is 15.4. The van der Waals surface area contributed by atoms with E-state index >= 15 is 0 Å². The smallest absolute Gasteiger partial charge is 0.194 e. The summed E-state index contributed by atoms with van der Waals surface area (Å²) in [6.45, 7) is 0. The Bertz CT molecular complexity index is 639. The van der Waals surface area contributed by atoms with Crippen molar-refractivity contribution in [2.75, 3.05) is 7.05 Å². The number of rotatable bonds is 3. The van der Waals surface area contributed by atoms with Crippen LogP contribution in [-0.2, 0) is 0 Å². The van der Waals surface area contributed by atoms with E-state index in [2.05, 4.69) is 5.32 Å². The first-order chi connectivity index (χ1) is 9.85. The Morgan fingerprint density at radius 1 is 0.762 bits per heavy atom. The van der Waals surface area contributed by atoms with Gasteiger partial charge < -0.3 is 5.32 Å². The van der Waals surface area contributed by atoms with Crippen molar-refractivity contribution >= 4 is 0 Å². The maximum absolute atomic E-state index is 13.7. The number of halogens is 6. The molecule has 0 saturated heterocycles. The molecule has 0 fully saturated rings.